The molecule has 0 aliphatic rings. The van der Waals surface area contributed by atoms with E-state index >= 15 is 0 Å². The molecule has 0 saturated heterocycles. The molecule has 0 amide bonds. The third-order valence-corrected chi connectivity index (χ3v) is 2.84. The molecule has 0 spiro atoms. The van der Waals surface area contributed by atoms with Gasteiger partial charge in [0.2, 0.25) is 0 Å². The van der Waals surface area contributed by atoms with Gasteiger partial charge < -0.3 is 5.32 Å². The summed E-state index contributed by atoms with van der Waals surface area (Å²) in [4.78, 5) is 0. The van der Waals surface area contributed by atoms with E-state index in [0.717, 1.165) is 11.3 Å². The molecule has 0 aliphatic carbocycles. The predicted molar refractivity (Wildman–Crippen MR) is 75.1 cm³/mol. The first kappa shape index (κ1) is 14.0. The van der Waals surface area contributed by atoms with Crippen molar-refractivity contribution in [2.24, 2.45) is 0 Å². The SMILES string of the molecule is CC(C)(C)NCc1cc(F)ccc1-n1cc(Cl)cn1. The maximum atomic E-state index is 13.4. The Morgan fingerprint density at radius 3 is 2.68 bits per heavy atom. The first-order valence-corrected chi connectivity index (χ1v) is 6.47. The van der Waals surface area contributed by atoms with Crippen molar-refractivity contribution in [3.05, 3.63) is 47.0 Å². The fraction of sp³-hybridized carbons (Fsp3) is 0.357. The minimum Gasteiger partial charge on any atom is -0.308 e. The van der Waals surface area contributed by atoms with Gasteiger partial charge in [-0.1, -0.05) is 11.6 Å². The third-order valence-electron chi connectivity index (χ3n) is 2.65. The first-order chi connectivity index (χ1) is 8.85. The van der Waals surface area contributed by atoms with E-state index in [0.29, 0.717) is 11.6 Å². The first-order valence-electron chi connectivity index (χ1n) is 6.09. The Labute approximate surface area is 117 Å². The van der Waals surface area contributed by atoms with Crippen molar-refractivity contribution in [2.45, 2.75) is 32.9 Å². The van der Waals surface area contributed by atoms with E-state index in [4.69, 9.17) is 11.6 Å². The molecule has 0 bridgehead atoms. The van der Waals surface area contributed by atoms with Gasteiger partial charge in [0.25, 0.3) is 0 Å². The Kier molecular flexibility index (Phi) is 3.92. The highest BCUT2D eigenvalue weighted by Gasteiger charge is 2.12. The predicted octanol–water partition coefficient (Wildman–Crippen LogP) is 3.55. The van der Waals surface area contributed by atoms with Crippen LogP contribution in [0.15, 0.2) is 30.6 Å². The van der Waals surface area contributed by atoms with Gasteiger partial charge in [0, 0.05) is 18.3 Å². The molecule has 1 aromatic carbocycles. The minimum absolute atomic E-state index is 0.0364. The number of aromatic nitrogens is 2. The molecule has 1 heterocycles. The fourth-order valence-electron chi connectivity index (χ4n) is 1.71. The van der Waals surface area contributed by atoms with Crippen molar-refractivity contribution in [2.75, 3.05) is 0 Å². The van der Waals surface area contributed by atoms with Gasteiger partial charge in [-0.3, -0.25) is 0 Å². The van der Waals surface area contributed by atoms with Crippen LogP contribution >= 0.6 is 11.6 Å². The highest BCUT2D eigenvalue weighted by Crippen LogP contribution is 2.18. The van der Waals surface area contributed by atoms with E-state index < -0.39 is 0 Å². The van der Waals surface area contributed by atoms with Crippen molar-refractivity contribution < 1.29 is 4.39 Å². The van der Waals surface area contributed by atoms with Crippen molar-refractivity contribution in [3.63, 3.8) is 0 Å². The second-order valence-corrected chi connectivity index (χ2v) is 5.92. The number of nitrogens with one attached hydrogen (secondary N) is 1. The molecule has 1 N–H and O–H groups in total. The van der Waals surface area contributed by atoms with E-state index in [-0.39, 0.29) is 11.4 Å². The van der Waals surface area contributed by atoms with Crippen molar-refractivity contribution >= 4 is 11.6 Å². The second kappa shape index (κ2) is 5.31. The van der Waals surface area contributed by atoms with Crippen molar-refractivity contribution in [1.82, 2.24) is 15.1 Å². The third kappa shape index (κ3) is 3.78. The highest BCUT2D eigenvalue weighted by atomic mass is 35.5. The molecule has 0 radical (unpaired) electrons. The van der Waals surface area contributed by atoms with Crippen LogP contribution in [0.4, 0.5) is 4.39 Å². The van der Waals surface area contributed by atoms with Gasteiger partial charge >= 0.3 is 0 Å². The summed E-state index contributed by atoms with van der Waals surface area (Å²) < 4.78 is 15.1. The number of nitrogens with zero attached hydrogens (tertiary/aromatic N) is 2. The average Bonchev–Trinajstić information content (AvgIpc) is 2.72. The van der Waals surface area contributed by atoms with Crippen molar-refractivity contribution in [3.8, 4) is 5.69 Å². The van der Waals surface area contributed by atoms with Crippen LogP contribution in [0.25, 0.3) is 5.69 Å². The number of halogens is 2. The Balaban J connectivity index is 2.33. The lowest BCUT2D eigenvalue weighted by atomic mass is 10.1. The number of hydrogen-bond acceptors (Lipinski definition) is 2. The summed E-state index contributed by atoms with van der Waals surface area (Å²) in [5, 5.41) is 8.05. The number of benzene rings is 1. The molecule has 0 aliphatic heterocycles. The van der Waals surface area contributed by atoms with Crippen LogP contribution in [0.2, 0.25) is 5.02 Å². The molecule has 1 aromatic heterocycles. The average molecular weight is 282 g/mol. The standard InChI is InChI=1S/C14H17ClFN3/c1-14(2,3)17-7-10-6-12(16)4-5-13(10)19-9-11(15)8-18-19/h4-6,8-9,17H,7H2,1-3H3. The minimum atomic E-state index is -0.257. The Morgan fingerprint density at radius 1 is 1.37 bits per heavy atom. The molecule has 3 nitrogen and oxygen atoms in total. The van der Waals surface area contributed by atoms with Crippen LogP contribution in [0.5, 0.6) is 0 Å². The van der Waals surface area contributed by atoms with E-state index in [9.17, 15) is 4.39 Å². The topological polar surface area (TPSA) is 29.9 Å². The highest BCUT2D eigenvalue weighted by molar-refractivity contribution is 6.30. The molecular weight excluding hydrogens is 265 g/mol. The van der Waals surface area contributed by atoms with Crippen molar-refractivity contribution in [1.29, 1.82) is 0 Å². The maximum Gasteiger partial charge on any atom is 0.123 e. The fourth-order valence-corrected chi connectivity index (χ4v) is 1.85. The summed E-state index contributed by atoms with van der Waals surface area (Å²) in [5.41, 5.74) is 1.63. The summed E-state index contributed by atoms with van der Waals surface area (Å²) in [5.74, 6) is -0.257. The number of hydrogen-bond donors (Lipinski definition) is 1. The summed E-state index contributed by atoms with van der Waals surface area (Å²) in [7, 11) is 0. The summed E-state index contributed by atoms with van der Waals surface area (Å²) >= 11 is 5.87. The molecule has 0 atom stereocenters. The molecule has 2 aromatic rings. The molecular formula is C14H17ClFN3. The van der Waals surface area contributed by atoms with Gasteiger partial charge in [-0.25, -0.2) is 9.07 Å². The second-order valence-electron chi connectivity index (χ2n) is 5.48. The van der Waals surface area contributed by atoms with Gasteiger partial charge in [0.05, 0.1) is 16.9 Å². The normalized spacial score (nSPS) is 11.8. The molecule has 19 heavy (non-hydrogen) atoms. The quantitative estimate of drug-likeness (QED) is 0.932. The molecule has 0 unspecified atom stereocenters. The van der Waals surface area contributed by atoms with Gasteiger partial charge in [-0.2, -0.15) is 5.10 Å². The lowest BCUT2D eigenvalue weighted by Crippen LogP contribution is -2.35. The molecule has 2 rings (SSSR count). The van der Waals surface area contributed by atoms with Crippen LogP contribution in [0.1, 0.15) is 26.3 Å². The maximum absolute atomic E-state index is 13.4. The Hall–Kier alpha value is -1.39. The van der Waals surface area contributed by atoms with Crippen LogP contribution in [-0.2, 0) is 6.54 Å². The Bertz CT molecular complexity index is 572. The van der Waals surface area contributed by atoms with E-state index in [1.807, 2.05) is 0 Å². The summed E-state index contributed by atoms with van der Waals surface area (Å²) in [6, 6.07) is 4.65. The van der Waals surface area contributed by atoms with E-state index in [1.165, 1.54) is 12.1 Å². The van der Waals surface area contributed by atoms with E-state index in [1.54, 1.807) is 23.1 Å². The number of rotatable bonds is 3. The van der Waals surface area contributed by atoms with Gasteiger partial charge in [0.1, 0.15) is 5.82 Å². The molecule has 0 fully saturated rings. The van der Waals surface area contributed by atoms with Gasteiger partial charge in [-0.05, 0) is 44.5 Å². The van der Waals surface area contributed by atoms with Crippen LogP contribution in [0.3, 0.4) is 0 Å². The van der Waals surface area contributed by atoms with E-state index in [2.05, 4.69) is 31.2 Å². The van der Waals surface area contributed by atoms with Crippen LogP contribution in [-0.4, -0.2) is 15.3 Å². The molecule has 5 heteroatoms. The lowest BCUT2D eigenvalue weighted by molar-refractivity contribution is 0.423. The lowest BCUT2D eigenvalue weighted by Gasteiger charge is -2.21. The summed E-state index contributed by atoms with van der Waals surface area (Å²) in [6.45, 7) is 6.76. The largest absolute Gasteiger partial charge is 0.308 e. The van der Waals surface area contributed by atoms with Crippen LogP contribution in [0, 0.1) is 5.82 Å². The molecule has 102 valence electrons. The zero-order chi connectivity index (χ0) is 14.0. The Morgan fingerprint density at radius 2 is 2.11 bits per heavy atom. The zero-order valence-electron chi connectivity index (χ0n) is 11.2. The van der Waals surface area contributed by atoms with Gasteiger partial charge in [-0.15, -0.1) is 0 Å². The van der Waals surface area contributed by atoms with Gasteiger partial charge in [0.15, 0.2) is 0 Å². The summed E-state index contributed by atoms with van der Waals surface area (Å²) in [6.07, 6.45) is 3.27. The zero-order valence-corrected chi connectivity index (χ0v) is 12.0. The monoisotopic (exact) mass is 281 g/mol. The smallest absolute Gasteiger partial charge is 0.123 e. The van der Waals surface area contributed by atoms with Crippen LogP contribution < -0.4 is 5.32 Å². The molecule has 0 saturated carbocycles.